The summed E-state index contributed by atoms with van der Waals surface area (Å²) in [5, 5.41) is 7.19. The Kier molecular flexibility index (Phi) is 4.23. The summed E-state index contributed by atoms with van der Waals surface area (Å²) in [6.07, 6.45) is 2.07. The molecule has 1 fully saturated rings. The Bertz CT molecular complexity index is 1070. The molecule has 3 aromatic rings. The van der Waals surface area contributed by atoms with Crippen molar-refractivity contribution >= 4 is 11.7 Å². The Morgan fingerprint density at radius 3 is 2.81 bits per heavy atom. The highest BCUT2D eigenvalue weighted by Crippen LogP contribution is 2.38. The van der Waals surface area contributed by atoms with Crippen molar-refractivity contribution in [1.29, 1.82) is 0 Å². The third-order valence-corrected chi connectivity index (χ3v) is 4.37. The number of aromatic amines is 1. The Morgan fingerprint density at radius 1 is 1.30 bits per heavy atom. The number of para-hydroxylation sites is 1. The molecular formula is C19H19N5O3. The molecule has 4 rings (SSSR count). The predicted octanol–water partition coefficient (Wildman–Crippen LogP) is 2.40. The van der Waals surface area contributed by atoms with E-state index in [1.165, 1.54) is 17.9 Å². The van der Waals surface area contributed by atoms with Gasteiger partial charge in [-0.15, -0.1) is 0 Å². The number of hydrogen-bond acceptors (Lipinski definition) is 5. The van der Waals surface area contributed by atoms with E-state index in [2.05, 4.69) is 20.4 Å². The molecule has 2 heterocycles. The van der Waals surface area contributed by atoms with Crippen LogP contribution in [0.3, 0.4) is 0 Å². The summed E-state index contributed by atoms with van der Waals surface area (Å²) >= 11 is 0. The second kappa shape index (κ2) is 6.71. The van der Waals surface area contributed by atoms with Crippen LogP contribution in [0.25, 0.3) is 5.95 Å². The van der Waals surface area contributed by atoms with Crippen LogP contribution in [0.15, 0.2) is 41.2 Å². The van der Waals surface area contributed by atoms with Gasteiger partial charge in [0.2, 0.25) is 5.95 Å². The number of carbonyl (C=O) groups excluding carboxylic acids is 1. The molecule has 2 aromatic heterocycles. The van der Waals surface area contributed by atoms with E-state index >= 15 is 0 Å². The van der Waals surface area contributed by atoms with Gasteiger partial charge in [-0.1, -0.05) is 12.1 Å². The maximum absolute atomic E-state index is 12.7. The van der Waals surface area contributed by atoms with Gasteiger partial charge in [0.15, 0.2) is 0 Å². The number of aryl methyl sites for hydroxylation is 1. The van der Waals surface area contributed by atoms with Crippen molar-refractivity contribution in [2.24, 2.45) is 0 Å². The number of nitrogens with one attached hydrogen (secondary N) is 2. The van der Waals surface area contributed by atoms with E-state index in [1.54, 1.807) is 37.3 Å². The minimum absolute atomic E-state index is 0.239. The minimum Gasteiger partial charge on any atom is -0.496 e. The lowest BCUT2D eigenvalue weighted by Gasteiger charge is -2.11. The summed E-state index contributed by atoms with van der Waals surface area (Å²) < 4.78 is 6.69. The van der Waals surface area contributed by atoms with Gasteiger partial charge >= 0.3 is 0 Å². The molecular weight excluding hydrogens is 346 g/mol. The molecule has 0 radical (unpaired) electrons. The maximum atomic E-state index is 12.7. The number of H-pyrrole nitrogens is 1. The summed E-state index contributed by atoms with van der Waals surface area (Å²) in [5.41, 5.74) is 1.60. The van der Waals surface area contributed by atoms with Crippen LogP contribution in [0.5, 0.6) is 5.75 Å². The van der Waals surface area contributed by atoms with Crippen molar-refractivity contribution in [3.8, 4) is 11.7 Å². The van der Waals surface area contributed by atoms with Crippen molar-refractivity contribution < 1.29 is 9.53 Å². The second-order valence-corrected chi connectivity index (χ2v) is 6.51. The fourth-order valence-corrected chi connectivity index (χ4v) is 2.92. The summed E-state index contributed by atoms with van der Waals surface area (Å²) in [7, 11) is 1.51. The number of carbonyl (C=O) groups is 1. The van der Waals surface area contributed by atoms with Crippen LogP contribution < -0.4 is 15.6 Å². The first-order valence-electron chi connectivity index (χ1n) is 8.68. The van der Waals surface area contributed by atoms with E-state index in [0.717, 1.165) is 18.5 Å². The lowest BCUT2D eigenvalue weighted by atomic mass is 10.2. The van der Waals surface area contributed by atoms with E-state index in [1.807, 2.05) is 0 Å². The Labute approximate surface area is 155 Å². The van der Waals surface area contributed by atoms with Gasteiger partial charge < -0.3 is 10.1 Å². The number of ether oxygens (including phenoxy) is 1. The Balaban J connectivity index is 1.70. The fraction of sp³-hybridized carbons (Fsp3) is 0.263. The summed E-state index contributed by atoms with van der Waals surface area (Å²) in [6.45, 7) is 1.80. The van der Waals surface area contributed by atoms with Crippen LogP contribution in [0, 0.1) is 6.92 Å². The number of benzene rings is 1. The first-order chi connectivity index (χ1) is 13.0. The van der Waals surface area contributed by atoms with E-state index in [-0.39, 0.29) is 17.4 Å². The lowest BCUT2D eigenvalue weighted by Crippen LogP contribution is -2.19. The van der Waals surface area contributed by atoms with Crippen LogP contribution in [-0.4, -0.2) is 32.8 Å². The molecule has 2 N–H and O–H groups in total. The third kappa shape index (κ3) is 3.46. The van der Waals surface area contributed by atoms with Crippen LogP contribution in [0.2, 0.25) is 0 Å². The number of aromatic nitrogens is 4. The molecule has 0 atom stereocenters. The number of amides is 1. The number of methoxy groups -OCH3 is 1. The summed E-state index contributed by atoms with van der Waals surface area (Å²) in [5.74, 6) is 1.16. The van der Waals surface area contributed by atoms with Gasteiger partial charge in [-0.2, -0.15) is 9.78 Å². The second-order valence-electron chi connectivity index (χ2n) is 6.51. The number of hydrogen-bond donors (Lipinski definition) is 2. The minimum atomic E-state index is -0.339. The van der Waals surface area contributed by atoms with E-state index in [0.29, 0.717) is 28.7 Å². The topological polar surface area (TPSA) is 102 Å². The molecule has 0 spiro atoms. The smallest absolute Gasteiger partial charge is 0.260 e. The molecule has 8 nitrogen and oxygen atoms in total. The number of nitrogens with zero attached hydrogens (tertiary/aromatic N) is 3. The van der Waals surface area contributed by atoms with Crippen LogP contribution in [0.4, 0.5) is 5.82 Å². The first kappa shape index (κ1) is 17.0. The van der Waals surface area contributed by atoms with Gasteiger partial charge in [-0.3, -0.25) is 14.6 Å². The molecule has 0 bridgehead atoms. The average Bonchev–Trinajstić information content (AvgIpc) is 3.44. The van der Waals surface area contributed by atoms with Gasteiger partial charge in [0.1, 0.15) is 11.6 Å². The van der Waals surface area contributed by atoms with Gasteiger partial charge in [0.05, 0.1) is 24.1 Å². The van der Waals surface area contributed by atoms with Crippen LogP contribution in [-0.2, 0) is 0 Å². The molecule has 1 aliphatic carbocycles. The largest absolute Gasteiger partial charge is 0.496 e. The zero-order valence-corrected chi connectivity index (χ0v) is 15.0. The molecule has 0 saturated heterocycles. The van der Waals surface area contributed by atoms with Crippen molar-refractivity contribution in [2.75, 3.05) is 12.4 Å². The van der Waals surface area contributed by atoms with Crippen molar-refractivity contribution in [2.45, 2.75) is 25.7 Å². The first-order valence-corrected chi connectivity index (χ1v) is 8.68. The normalized spacial score (nSPS) is 13.4. The van der Waals surface area contributed by atoms with Crippen LogP contribution >= 0.6 is 0 Å². The summed E-state index contributed by atoms with van der Waals surface area (Å²) in [6, 6.07) is 10.2. The van der Waals surface area contributed by atoms with Crippen molar-refractivity contribution in [3.05, 3.63) is 63.7 Å². The molecule has 1 aromatic carbocycles. The highest BCUT2D eigenvalue weighted by Gasteiger charge is 2.26. The Morgan fingerprint density at radius 2 is 2.07 bits per heavy atom. The van der Waals surface area contributed by atoms with Gasteiger partial charge in [-0.05, 0) is 31.9 Å². The summed E-state index contributed by atoms with van der Waals surface area (Å²) in [4.78, 5) is 32.0. The Hall–Kier alpha value is -3.42. The molecule has 0 aliphatic heterocycles. The van der Waals surface area contributed by atoms with Gasteiger partial charge in [0.25, 0.3) is 11.5 Å². The standard InChI is InChI=1S/C19H19N5O3/c1-11-9-16(21-18(26)13-5-3-4-6-15(13)27-2)24(23-11)19-20-14(12-7-8-12)10-17(25)22-19/h3-6,9-10,12H,7-8H2,1-2H3,(H,21,26)(H,20,22,25). The number of anilines is 1. The average molecular weight is 365 g/mol. The molecule has 27 heavy (non-hydrogen) atoms. The van der Waals surface area contributed by atoms with Gasteiger partial charge in [-0.25, -0.2) is 4.98 Å². The molecule has 1 aliphatic rings. The van der Waals surface area contributed by atoms with Crippen LogP contribution in [0.1, 0.15) is 40.5 Å². The highest BCUT2D eigenvalue weighted by atomic mass is 16.5. The zero-order chi connectivity index (χ0) is 19.0. The maximum Gasteiger partial charge on any atom is 0.260 e. The van der Waals surface area contributed by atoms with Crippen molar-refractivity contribution in [3.63, 3.8) is 0 Å². The van der Waals surface area contributed by atoms with Gasteiger partial charge in [0, 0.05) is 18.1 Å². The molecule has 138 valence electrons. The SMILES string of the molecule is COc1ccccc1C(=O)Nc1cc(C)nn1-c1nc(C2CC2)cc(=O)[nH]1. The molecule has 1 saturated carbocycles. The van der Waals surface area contributed by atoms with E-state index < -0.39 is 0 Å². The quantitative estimate of drug-likeness (QED) is 0.723. The van der Waals surface area contributed by atoms with E-state index in [9.17, 15) is 9.59 Å². The monoisotopic (exact) mass is 365 g/mol. The zero-order valence-electron chi connectivity index (χ0n) is 15.0. The molecule has 8 heteroatoms. The fourth-order valence-electron chi connectivity index (χ4n) is 2.92. The predicted molar refractivity (Wildman–Crippen MR) is 99.6 cm³/mol. The molecule has 1 amide bonds. The number of rotatable bonds is 5. The third-order valence-electron chi connectivity index (χ3n) is 4.37. The van der Waals surface area contributed by atoms with Crippen molar-refractivity contribution in [1.82, 2.24) is 19.7 Å². The lowest BCUT2D eigenvalue weighted by molar-refractivity contribution is 0.102. The molecule has 0 unspecified atom stereocenters. The van der Waals surface area contributed by atoms with E-state index in [4.69, 9.17) is 4.74 Å². The highest BCUT2D eigenvalue weighted by molar-refractivity contribution is 6.05.